The van der Waals surface area contributed by atoms with Crippen LogP contribution in [0.1, 0.15) is 34.8 Å². The molecule has 144 valence electrons. The highest BCUT2D eigenvalue weighted by Gasteiger charge is 2.33. The Morgan fingerprint density at radius 3 is 2.52 bits per heavy atom. The molecule has 1 fully saturated rings. The van der Waals surface area contributed by atoms with E-state index in [2.05, 4.69) is 22.5 Å². The molecule has 0 amide bonds. The fourth-order valence-corrected chi connectivity index (χ4v) is 2.69. The van der Waals surface area contributed by atoms with Gasteiger partial charge in [0.2, 0.25) is 0 Å². The van der Waals surface area contributed by atoms with Gasteiger partial charge in [0.05, 0.1) is 5.56 Å². The number of benzene rings is 2. The van der Waals surface area contributed by atoms with E-state index in [1.165, 1.54) is 6.42 Å². The first-order valence-corrected chi connectivity index (χ1v) is 8.93. The van der Waals surface area contributed by atoms with E-state index in [9.17, 15) is 4.79 Å². The zero-order chi connectivity index (χ0) is 18.4. The van der Waals surface area contributed by atoms with Crippen LogP contribution < -0.4 is 10.6 Å². The van der Waals surface area contributed by atoms with Gasteiger partial charge < -0.3 is 15.4 Å². The van der Waals surface area contributed by atoms with Crippen molar-refractivity contribution in [3.63, 3.8) is 0 Å². The molecule has 0 spiro atoms. The molecular weight excluding hydrogens is 453 g/mol. The van der Waals surface area contributed by atoms with Crippen molar-refractivity contribution in [1.82, 2.24) is 10.6 Å². The number of nitrogens with zero attached hydrogens (tertiary/aromatic N) is 1. The van der Waals surface area contributed by atoms with Gasteiger partial charge in [0.1, 0.15) is 6.61 Å². The normalized spacial score (nSPS) is 18.2. The molecule has 3 rings (SSSR count). The fourth-order valence-electron chi connectivity index (χ4n) is 2.69. The largest absolute Gasteiger partial charge is 0.457 e. The molecule has 0 aromatic heterocycles. The first-order chi connectivity index (χ1) is 12.7. The minimum absolute atomic E-state index is 0. The highest BCUT2D eigenvalue weighted by atomic mass is 127. The molecule has 0 radical (unpaired) electrons. The second-order valence-electron chi connectivity index (χ2n) is 6.65. The summed E-state index contributed by atoms with van der Waals surface area (Å²) in [5.41, 5.74) is 2.53. The summed E-state index contributed by atoms with van der Waals surface area (Å²) in [7, 11) is 1.76. The lowest BCUT2D eigenvalue weighted by atomic mass is 10.1. The number of hydrogen-bond acceptors (Lipinski definition) is 3. The molecule has 6 heteroatoms. The van der Waals surface area contributed by atoms with Gasteiger partial charge in [-0.05, 0) is 35.6 Å². The second kappa shape index (κ2) is 10.3. The Morgan fingerprint density at radius 1 is 1.15 bits per heavy atom. The van der Waals surface area contributed by atoms with Gasteiger partial charge in [-0.1, -0.05) is 49.4 Å². The van der Waals surface area contributed by atoms with Gasteiger partial charge in [-0.15, -0.1) is 24.0 Å². The summed E-state index contributed by atoms with van der Waals surface area (Å²) in [5.74, 6) is 1.18. The van der Waals surface area contributed by atoms with E-state index in [0.717, 1.165) is 17.1 Å². The highest BCUT2D eigenvalue weighted by Crippen LogP contribution is 2.28. The Kier molecular flexibility index (Phi) is 8.09. The van der Waals surface area contributed by atoms with Crippen molar-refractivity contribution in [2.45, 2.75) is 32.5 Å². The van der Waals surface area contributed by atoms with Crippen molar-refractivity contribution in [2.75, 3.05) is 7.05 Å². The number of carbonyl (C=O) groups is 1. The monoisotopic (exact) mass is 479 g/mol. The molecule has 5 nitrogen and oxygen atoms in total. The molecule has 2 N–H and O–H groups in total. The van der Waals surface area contributed by atoms with E-state index in [4.69, 9.17) is 4.74 Å². The predicted octanol–water partition coefficient (Wildman–Crippen LogP) is 3.74. The lowest BCUT2D eigenvalue weighted by molar-refractivity contribution is 0.0472. The second-order valence-corrected chi connectivity index (χ2v) is 6.65. The molecule has 2 unspecified atom stereocenters. The summed E-state index contributed by atoms with van der Waals surface area (Å²) in [6.07, 6.45) is 1.18. The fraction of sp³-hybridized carbons (Fsp3) is 0.333. The first-order valence-electron chi connectivity index (χ1n) is 8.93. The Labute approximate surface area is 177 Å². The number of ether oxygens (including phenoxy) is 1. The smallest absolute Gasteiger partial charge is 0.338 e. The summed E-state index contributed by atoms with van der Waals surface area (Å²) in [4.78, 5) is 16.5. The van der Waals surface area contributed by atoms with Crippen LogP contribution in [0.3, 0.4) is 0 Å². The number of aliphatic imine (C=N–C) groups is 1. The Morgan fingerprint density at radius 2 is 1.85 bits per heavy atom. The van der Waals surface area contributed by atoms with Crippen LogP contribution >= 0.6 is 24.0 Å². The molecule has 0 aliphatic heterocycles. The SMILES string of the molecule is CN=C(NCc1cccc(C(=O)OCc2ccccc2)c1)NC1CC1C.I. The van der Waals surface area contributed by atoms with Crippen LogP contribution in [0.15, 0.2) is 59.6 Å². The third-order valence-corrected chi connectivity index (χ3v) is 4.49. The van der Waals surface area contributed by atoms with Gasteiger partial charge in [-0.3, -0.25) is 4.99 Å². The number of rotatable bonds is 6. The lowest BCUT2D eigenvalue weighted by Gasteiger charge is -2.12. The van der Waals surface area contributed by atoms with E-state index in [0.29, 0.717) is 24.1 Å². The zero-order valence-electron chi connectivity index (χ0n) is 15.6. The minimum Gasteiger partial charge on any atom is -0.457 e. The summed E-state index contributed by atoms with van der Waals surface area (Å²) in [6.45, 7) is 3.09. The minimum atomic E-state index is -0.315. The number of carbonyl (C=O) groups excluding carboxylic acids is 1. The highest BCUT2D eigenvalue weighted by molar-refractivity contribution is 14.0. The van der Waals surface area contributed by atoms with Crippen LogP contribution in [-0.2, 0) is 17.9 Å². The van der Waals surface area contributed by atoms with Crippen molar-refractivity contribution >= 4 is 35.9 Å². The standard InChI is InChI=1S/C21H25N3O2.HI/c1-15-11-19(15)24-21(22-2)23-13-17-9-6-10-18(12-17)20(25)26-14-16-7-4-3-5-8-16;/h3-10,12,15,19H,11,13-14H2,1-2H3,(H2,22,23,24);1H. The van der Waals surface area contributed by atoms with Crippen LogP contribution in [0.4, 0.5) is 0 Å². The van der Waals surface area contributed by atoms with E-state index in [1.807, 2.05) is 48.5 Å². The average molecular weight is 479 g/mol. The zero-order valence-corrected chi connectivity index (χ0v) is 18.0. The summed E-state index contributed by atoms with van der Waals surface area (Å²) < 4.78 is 5.39. The van der Waals surface area contributed by atoms with Crippen molar-refractivity contribution in [2.24, 2.45) is 10.9 Å². The molecule has 0 bridgehead atoms. The van der Waals surface area contributed by atoms with Gasteiger partial charge in [0, 0.05) is 19.6 Å². The summed E-state index contributed by atoms with van der Waals surface area (Å²) in [5, 5.41) is 6.67. The molecule has 27 heavy (non-hydrogen) atoms. The maximum atomic E-state index is 12.3. The molecule has 0 heterocycles. The Bertz CT molecular complexity index is 780. The van der Waals surface area contributed by atoms with Crippen LogP contribution in [0.25, 0.3) is 0 Å². The maximum absolute atomic E-state index is 12.3. The summed E-state index contributed by atoms with van der Waals surface area (Å²) >= 11 is 0. The van der Waals surface area contributed by atoms with E-state index < -0.39 is 0 Å². The van der Waals surface area contributed by atoms with Crippen LogP contribution in [0.2, 0.25) is 0 Å². The Balaban J connectivity index is 0.00000261. The number of esters is 1. The van der Waals surface area contributed by atoms with Crippen molar-refractivity contribution in [3.8, 4) is 0 Å². The topological polar surface area (TPSA) is 62.7 Å². The molecule has 1 aliphatic rings. The molecule has 1 saturated carbocycles. The molecular formula is C21H26IN3O2. The average Bonchev–Trinajstić information content (AvgIpc) is 3.38. The van der Waals surface area contributed by atoms with Gasteiger partial charge in [-0.2, -0.15) is 0 Å². The molecule has 0 saturated heterocycles. The predicted molar refractivity (Wildman–Crippen MR) is 118 cm³/mol. The van der Waals surface area contributed by atoms with Crippen LogP contribution in [0, 0.1) is 5.92 Å². The van der Waals surface area contributed by atoms with Gasteiger partial charge in [-0.25, -0.2) is 4.79 Å². The lowest BCUT2D eigenvalue weighted by Crippen LogP contribution is -2.38. The quantitative estimate of drug-likeness (QED) is 0.287. The number of hydrogen-bond donors (Lipinski definition) is 2. The molecule has 2 atom stereocenters. The molecule has 1 aliphatic carbocycles. The Hall–Kier alpha value is -2.09. The number of nitrogens with one attached hydrogen (secondary N) is 2. The van der Waals surface area contributed by atoms with Gasteiger partial charge >= 0.3 is 5.97 Å². The van der Waals surface area contributed by atoms with Crippen molar-refractivity contribution in [1.29, 1.82) is 0 Å². The number of halogens is 1. The van der Waals surface area contributed by atoms with E-state index in [-0.39, 0.29) is 36.6 Å². The number of guanidine groups is 1. The molecule has 2 aromatic carbocycles. The van der Waals surface area contributed by atoms with Crippen LogP contribution in [-0.4, -0.2) is 25.0 Å². The van der Waals surface area contributed by atoms with E-state index in [1.54, 1.807) is 13.1 Å². The maximum Gasteiger partial charge on any atom is 0.338 e. The van der Waals surface area contributed by atoms with Crippen molar-refractivity contribution < 1.29 is 9.53 Å². The molecule has 2 aromatic rings. The van der Waals surface area contributed by atoms with Crippen molar-refractivity contribution in [3.05, 3.63) is 71.3 Å². The van der Waals surface area contributed by atoms with Gasteiger partial charge in [0.15, 0.2) is 5.96 Å². The third kappa shape index (κ3) is 6.53. The van der Waals surface area contributed by atoms with Gasteiger partial charge in [0.25, 0.3) is 0 Å². The third-order valence-electron chi connectivity index (χ3n) is 4.49. The summed E-state index contributed by atoms with van der Waals surface area (Å²) in [6, 6.07) is 17.7. The van der Waals surface area contributed by atoms with Crippen LogP contribution in [0.5, 0.6) is 0 Å². The van der Waals surface area contributed by atoms with E-state index >= 15 is 0 Å². The first kappa shape index (κ1) is 21.2.